The molecule has 0 atom stereocenters. The summed E-state index contributed by atoms with van der Waals surface area (Å²) in [4.78, 5) is 9.32. The van der Waals surface area contributed by atoms with Gasteiger partial charge in [-0.15, -0.1) is 0 Å². The molecule has 0 amide bonds. The number of imidazole rings is 1. The molecule has 152 valence electrons. The van der Waals surface area contributed by atoms with Crippen LogP contribution in [0.25, 0.3) is 50.1 Å². The highest BCUT2D eigenvalue weighted by Gasteiger charge is 2.16. The lowest BCUT2D eigenvalue weighted by atomic mass is 10.00. The van der Waals surface area contributed by atoms with Gasteiger partial charge in [0.2, 0.25) is 0 Å². The lowest BCUT2D eigenvalue weighted by Crippen LogP contribution is -1.97. The van der Waals surface area contributed by atoms with E-state index >= 15 is 0 Å². The Kier molecular flexibility index (Phi) is 4.22. The number of hydrogen-bond acceptors (Lipinski definition) is 3. The van der Waals surface area contributed by atoms with E-state index in [1.807, 2.05) is 72.8 Å². The van der Waals surface area contributed by atoms with Gasteiger partial charge in [-0.1, -0.05) is 60.7 Å². The lowest BCUT2D eigenvalue weighted by molar-refractivity contribution is 0.482. The first-order chi connectivity index (χ1) is 15.8. The molecule has 6 aromatic rings. The minimum Gasteiger partial charge on any atom is -0.505 e. The van der Waals surface area contributed by atoms with E-state index < -0.39 is 0 Å². The van der Waals surface area contributed by atoms with Gasteiger partial charge in [0.15, 0.2) is 0 Å². The van der Waals surface area contributed by atoms with Gasteiger partial charge in [0.1, 0.15) is 17.1 Å². The molecule has 0 saturated heterocycles. The van der Waals surface area contributed by atoms with E-state index in [0.717, 1.165) is 44.6 Å². The summed E-state index contributed by atoms with van der Waals surface area (Å²) in [6, 6.07) is 34.3. The van der Waals surface area contributed by atoms with E-state index in [-0.39, 0.29) is 5.75 Å². The fourth-order valence-electron chi connectivity index (χ4n) is 4.25. The van der Waals surface area contributed by atoms with Crippen molar-refractivity contribution in [2.75, 3.05) is 0 Å². The molecule has 0 aliphatic heterocycles. The third-order valence-corrected chi connectivity index (χ3v) is 5.75. The fourth-order valence-corrected chi connectivity index (χ4v) is 4.25. The van der Waals surface area contributed by atoms with E-state index in [9.17, 15) is 5.11 Å². The minimum absolute atomic E-state index is 0.191. The number of benzene rings is 4. The third-order valence-electron chi connectivity index (χ3n) is 5.75. The summed E-state index contributed by atoms with van der Waals surface area (Å²) in [6.45, 7) is 0. The fraction of sp³-hybridized carbons (Fsp3) is 0. The predicted octanol–water partition coefficient (Wildman–Crippen LogP) is 6.61. The van der Waals surface area contributed by atoms with Gasteiger partial charge < -0.3 is 5.11 Å². The molecule has 0 unspecified atom stereocenters. The standard InChI is InChI=1S/C28H19N3O/c32-27-23(16-15-19-10-7-17-29-26(19)27)20-8-6-9-21(18-20)28-30-24-13-4-5-14-25(24)31(28)22-11-2-1-3-12-22/h1-18,32H. The maximum Gasteiger partial charge on any atom is 0.149 e. The van der Waals surface area contributed by atoms with Crippen LogP contribution in [0, 0.1) is 0 Å². The molecule has 0 bridgehead atoms. The Balaban J connectivity index is 1.56. The number of phenolic OH excluding ortho intramolecular Hbond substituents is 1. The Morgan fingerprint density at radius 1 is 0.688 bits per heavy atom. The second-order valence-corrected chi connectivity index (χ2v) is 7.71. The maximum atomic E-state index is 10.9. The van der Waals surface area contributed by atoms with Crippen molar-refractivity contribution in [2.45, 2.75) is 0 Å². The summed E-state index contributed by atoms with van der Waals surface area (Å²) in [6.07, 6.45) is 1.70. The van der Waals surface area contributed by atoms with Gasteiger partial charge in [-0.2, -0.15) is 0 Å². The van der Waals surface area contributed by atoms with E-state index in [1.54, 1.807) is 6.20 Å². The minimum atomic E-state index is 0.191. The average Bonchev–Trinajstić information content (AvgIpc) is 3.25. The summed E-state index contributed by atoms with van der Waals surface area (Å²) < 4.78 is 2.18. The number of fused-ring (bicyclic) bond motifs is 2. The van der Waals surface area contributed by atoms with Crippen molar-refractivity contribution < 1.29 is 5.11 Å². The molecule has 1 N–H and O–H groups in total. The van der Waals surface area contributed by atoms with Crippen LogP contribution in [0.4, 0.5) is 0 Å². The summed E-state index contributed by atoms with van der Waals surface area (Å²) >= 11 is 0. The first-order valence-corrected chi connectivity index (χ1v) is 10.5. The predicted molar refractivity (Wildman–Crippen MR) is 129 cm³/mol. The van der Waals surface area contributed by atoms with Crippen LogP contribution in [-0.4, -0.2) is 19.6 Å². The quantitative estimate of drug-likeness (QED) is 0.355. The van der Waals surface area contributed by atoms with Crippen LogP contribution in [-0.2, 0) is 0 Å². The molecule has 0 saturated carbocycles. The van der Waals surface area contributed by atoms with Crippen LogP contribution in [0.1, 0.15) is 0 Å². The molecule has 2 aromatic heterocycles. The SMILES string of the molecule is Oc1c(-c2cccc(-c3nc4ccccc4n3-c3ccccc3)c2)ccc2cccnc12. The Labute approximate surface area is 185 Å². The van der Waals surface area contributed by atoms with Crippen molar-refractivity contribution in [3.63, 3.8) is 0 Å². The van der Waals surface area contributed by atoms with Gasteiger partial charge in [-0.05, 0) is 48.0 Å². The van der Waals surface area contributed by atoms with Gasteiger partial charge >= 0.3 is 0 Å². The van der Waals surface area contributed by atoms with E-state index in [2.05, 4.69) is 39.9 Å². The zero-order valence-electron chi connectivity index (χ0n) is 17.2. The Morgan fingerprint density at radius 3 is 2.41 bits per heavy atom. The van der Waals surface area contributed by atoms with E-state index in [4.69, 9.17) is 4.98 Å². The number of hydrogen-bond donors (Lipinski definition) is 1. The maximum absolute atomic E-state index is 10.9. The molecule has 0 aliphatic rings. The van der Waals surface area contributed by atoms with Crippen LogP contribution in [0.15, 0.2) is 109 Å². The molecule has 4 aromatic carbocycles. The number of pyridine rings is 1. The normalized spacial score (nSPS) is 11.2. The van der Waals surface area contributed by atoms with Crippen LogP contribution in [0.5, 0.6) is 5.75 Å². The Morgan fingerprint density at radius 2 is 1.50 bits per heavy atom. The van der Waals surface area contributed by atoms with Gasteiger partial charge in [-0.3, -0.25) is 9.55 Å². The summed E-state index contributed by atoms with van der Waals surface area (Å²) in [5.41, 5.74) is 6.29. The van der Waals surface area contributed by atoms with Gasteiger partial charge in [0.05, 0.1) is 11.0 Å². The highest BCUT2D eigenvalue weighted by Crippen LogP contribution is 2.37. The number of aromatic hydroxyl groups is 1. The van der Waals surface area contributed by atoms with Crippen LogP contribution in [0.3, 0.4) is 0 Å². The zero-order valence-corrected chi connectivity index (χ0v) is 17.2. The smallest absolute Gasteiger partial charge is 0.149 e. The summed E-state index contributed by atoms with van der Waals surface area (Å²) in [5.74, 6) is 1.05. The molecule has 32 heavy (non-hydrogen) atoms. The highest BCUT2D eigenvalue weighted by molar-refractivity contribution is 5.92. The highest BCUT2D eigenvalue weighted by atomic mass is 16.3. The second-order valence-electron chi connectivity index (χ2n) is 7.71. The molecule has 0 spiro atoms. The molecule has 4 nitrogen and oxygen atoms in total. The lowest BCUT2D eigenvalue weighted by Gasteiger charge is -2.12. The summed E-state index contributed by atoms with van der Waals surface area (Å²) in [5, 5.41) is 11.8. The third kappa shape index (κ3) is 2.93. The first kappa shape index (κ1) is 18.3. The molecular weight excluding hydrogens is 394 g/mol. The van der Waals surface area contributed by atoms with Crippen LogP contribution < -0.4 is 0 Å². The van der Waals surface area contributed by atoms with Crippen molar-refractivity contribution in [1.82, 2.24) is 14.5 Å². The number of aromatic nitrogens is 3. The van der Waals surface area contributed by atoms with Crippen LogP contribution >= 0.6 is 0 Å². The largest absolute Gasteiger partial charge is 0.505 e. The number of nitrogens with zero attached hydrogens (tertiary/aromatic N) is 3. The van der Waals surface area contributed by atoms with Crippen molar-refractivity contribution in [3.8, 4) is 34.0 Å². The van der Waals surface area contributed by atoms with Crippen molar-refractivity contribution >= 4 is 21.9 Å². The van der Waals surface area contributed by atoms with Crippen molar-refractivity contribution in [3.05, 3.63) is 109 Å². The van der Waals surface area contributed by atoms with Gasteiger partial charge in [0.25, 0.3) is 0 Å². The molecule has 0 aliphatic carbocycles. The van der Waals surface area contributed by atoms with Gasteiger partial charge in [0, 0.05) is 28.4 Å². The molecule has 0 fully saturated rings. The number of para-hydroxylation sites is 3. The zero-order chi connectivity index (χ0) is 21.5. The molecule has 6 rings (SSSR count). The molecule has 4 heteroatoms. The van der Waals surface area contributed by atoms with Crippen LogP contribution in [0.2, 0.25) is 0 Å². The topological polar surface area (TPSA) is 50.9 Å². The Hall–Kier alpha value is -4.44. The Bertz CT molecular complexity index is 1590. The first-order valence-electron chi connectivity index (χ1n) is 10.5. The average molecular weight is 413 g/mol. The molecule has 0 radical (unpaired) electrons. The number of phenols is 1. The van der Waals surface area contributed by atoms with E-state index in [1.165, 1.54) is 0 Å². The van der Waals surface area contributed by atoms with Gasteiger partial charge in [-0.25, -0.2) is 4.98 Å². The van der Waals surface area contributed by atoms with E-state index in [0.29, 0.717) is 5.52 Å². The monoisotopic (exact) mass is 413 g/mol. The van der Waals surface area contributed by atoms with Crippen molar-refractivity contribution in [2.24, 2.45) is 0 Å². The molecular formula is C28H19N3O. The second kappa shape index (κ2) is 7.36. The summed E-state index contributed by atoms with van der Waals surface area (Å²) in [7, 11) is 0. The molecule has 2 heterocycles. The van der Waals surface area contributed by atoms with Crippen molar-refractivity contribution in [1.29, 1.82) is 0 Å². The number of rotatable bonds is 3.